The van der Waals surface area contributed by atoms with Crippen LogP contribution in [0, 0.1) is 0 Å². The second-order valence-corrected chi connectivity index (χ2v) is 6.02. The van der Waals surface area contributed by atoms with Crippen molar-refractivity contribution in [3.05, 3.63) is 42.5 Å². The highest BCUT2D eigenvalue weighted by Crippen LogP contribution is 2.23. The first-order valence-corrected chi connectivity index (χ1v) is 8.55. The SMILES string of the molecule is CCOC(=O)N1CCN(C(=S)Nc2cccc3ccccc23)CC1. The lowest BCUT2D eigenvalue weighted by Crippen LogP contribution is -2.51. The van der Waals surface area contributed by atoms with Crippen LogP contribution in [0.3, 0.4) is 0 Å². The van der Waals surface area contributed by atoms with Crippen LogP contribution in [0.25, 0.3) is 10.8 Å². The topological polar surface area (TPSA) is 44.8 Å². The summed E-state index contributed by atoms with van der Waals surface area (Å²) in [6, 6.07) is 14.4. The molecule has 1 N–H and O–H groups in total. The van der Waals surface area contributed by atoms with Crippen LogP contribution < -0.4 is 5.32 Å². The number of hydrogen-bond donors (Lipinski definition) is 1. The fraction of sp³-hybridized carbons (Fsp3) is 0.333. The van der Waals surface area contributed by atoms with E-state index in [0.717, 1.165) is 11.1 Å². The van der Waals surface area contributed by atoms with Crippen LogP contribution in [0.1, 0.15) is 6.92 Å². The van der Waals surface area contributed by atoms with E-state index in [-0.39, 0.29) is 6.09 Å². The number of fused-ring (bicyclic) bond motifs is 1. The molecule has 0 saturated carbocycles. The number of benzene rings is 2. The molecule has 2 aromatic rings. The summed E-state index contributed by atoms with van der Waals surface area (Å²) in [5.74, 6) is 0. The van der Waals surface area contributed by atoms with Gasteiger partial charge in [-0.05, 0) is 30.6 Å². The van der Waals surface area contributed by atoms with Crippen molar-refractivity contribution in [1.82, 2.24) is 9.80 Å². The van der Waals surface area contributed by atoms with Gasteiger partial charge in [0.2, 0.25) is 0 Å². The molecule has 1 saturated heterocycles. The molecule has 1 heterocycles. The number of rotatable bonds is 2. The van der Waals surface area contributed by atoms with Crippen molar-refractivity contribution in [2.45, 2.75) is 6.92 Å². The Balaban J connectivity index is 1.63. The first-order chi connectivity index (χ1) is 11.7. The van der Waals surface area contributed by atoms with Crippen molar-refractivity contribution in [2.75, 3.05) is 38.1 Å². The molecule has 0 atom stereocenters. The van der Waals surface area contributed by atoms with Crippen molar-refractivity contribution >= 4 is 39.9 Å². The zero-order valence-corrected chi connectivity index (χ0v) is 14.5. The van der Waals surface area contributed by atoms with Gasteiger partial charge in [-0.25, -0.2) is 4.79 Å². The van der Waals surface area contributed by atoms with Crippen molar-refractivity contribution in [3.8, 4) is 0 Å². The third-order valence-electron chi connectivity index (χ3n) is 4.12. The molecule has 0 bridgehead atoms. The second-order valence-electron chi connectivity index (χ2n) is 5.63. The molecule has 126 valence electrons. The summed E-state index contributed by atoms with van der Waals surface area (Å²) in [4.78, 5) is 15.6. The van der Waals surface area contributed by atoms with Crippen LogP contribution in [-0.2, 0) is 4.74 Å². The van der Waals surface area contributed by atoms with E-state index in [4.69, 9.17) is 17.0 Å². The summed E-state index contributed by atoms with van der Waals surface area (Å²) in [5, 5.41) is 6.36. The first-order valence-electron chi connectivity index (χ1n) is 8.14. The summed E-state index contributed by atoms with van der Waals surface area (Å²) in [6.45, 7) is 4.87. The van der Waals surface area contributed by atoms with Crippen molar-refractivity contribution in [1.29, 1.82) is 0 Å². The second kappa shape index (κ2) is 7.49. The fourth-order valence-electron chi connectivity index (χ4n) is 2.84. The van der Waals surface area contributed by atoms with Gasteiger partial charge < -0.3 is 19.9 Å². The Hall–Kier alpha value is -2.34. The Morgan fingerprint density at radius 3 is 2.50 bits per heavy atom. The standard InChI is InChI=1S/C18H21N3O2S/c1-2-23-18(22)21-12-10-20(11-13-21)17(24)19-16-9-5-7-14-6-3-4-8-15(14)16/h3-9H,2,10-13H2,1H3,(H,19,24). The number of hydrogen-bond acceptors (Lipinski definition) is 3. The monoisotopic (exact) mass is 343 g/mol. The zero-order valence-electron chi connectivity index (χ0n) is 13.7. The van der Waals surface area contributed by atoms with E-state index >= 15 is 0 Å². The van der Waals surface area contributed by atoms with Crippen LogP contribution in [0.2, 0.25) is 0 Å². The van der Waals surface area contributed by atoms with E-state index in [1.807, 2.05) is 31.2 Å². The molecule has 5 nitrogen and oxygen atoms in total. The summed E-state index contributed by atoms with van der Waals surface area (Å²) >= 11 is 5.55. The van der Waals surface area contributed by atoms with Gasteiger partial charge in [0.05, 0.1) is 6.61 Å². The normalized spacial score (nSPS) is 14.5. The predicted molar refractivity (Wildman–Crippen MR) is 100 cm³/mol. The number of amides is 1. The van der Waals surface area contributed by atoms with Gasteiger partial charge in [0.25, 0.3) is 0 Å². The molecule has 0 spiro atoms. The highest BCUT2D eigenvalue weighted by Gasteiger charge is 2.23. The van der Waals surface area contributed by atoms with E-state index in [9.17, 15) is 4.79 Å². The predicted octanol–water partition coefficient (Wildman–Crippen LogP) is 3.31. The molecular formula is C18H21N3O2S. The Morgan fingerprint density at radius 1 is 1.08 bits per heavy atom. The lowest BCUT2D eigenvalue weighted by Gasteiger charge is -2.35. The van der Waals surface area contributed by atoms with Crippen LogP contribution >= 0.6 is 12.2 Å². The maximum Gasteiger partial charge on any atom is 0.409 e. The third kappa shape index (κ3) is 3.59. The van der Waals surface area contributed by atoms with Gasteiger partial charge in [-0.15, -0.1) is 0 Å². The number of anilines is 1. The average molecular weight is 343 g/mol. The molecule has 0 aromatic heterocycles. The van der Waals surface area contributed by atoms with Gasteiger partial charge in [0.15, 0.2) is 5.11 Å². The van der Waals surface area contributed by atoms with Gasteiger partial charge in [0, 0.05) is 37.3 Å². The Kier molecular flexibility index (Phi) is 5.15. The van der Waals surface area contributed by atoms with Crippen molar-refractivity contribution in [3.63, 3.8) is 0 Å². The minimum absolute atomic E-state index is 0.245. The van der Waals surface area contributed by atoms with Gasteiger partial charge in [0.1, 0.15) is 0 Å². The molecule has 2 aromatic carbocycles. The first kappa shape index (κ1) is 16.5. The largest absolute Gasteiger partial charge is 0.450 e. The number of ether oxygens (including phenoxy) is 1. The summed E-state index contributed by atoms with van der Waals surface area (Å²) in [7, 11) is 0. The van der Waals surface area contributed by atoms with Crippen LogP contribution in [-0.4, -0.2) is 53.8 Å². The van der Waals surface area contributed by atoms with Gasteiger partial charge in [-0.3, -0.25) is 0 Å². The molecule has 1 fully saturated rings. The highest BCUT2D eigenvalue weighted by atomic mass is 32.1. The van der Waals surface area contributed by atoms with Crippen LogP contribution in [0.4, 0.5) is 10.5 Å². The van der Waals surface area contributed by atoms with Crippen molar-refractivity contribution < 1.29 is 9.53 Å². The van der Waals surface area contributed by atoms with E-state index in [1.54, 1.807) is 4.90 Å². The molecule has 1 aliphatic heterocycles. The molecule has 0 radical (unpaired) electrons. The fourth-order valence-corrected chi connectivity index (χ4v) is 3.13. The van der Waals surface area contributed by atoms with E-state index < -0.39 is 0 Å². The minimum atomic E-state index is -0.245. The Labute approximate surface area is 147 Å². The van der Waals surface area contributed by atoms with Crippen molar-refractivity contribution in [2.24, 2.45) is 0 Å². The van der Waals surface area contributed by atoms with Gasteiger partial charge in [-0.1, -0.05) is 36.4 Å². The quantitative estimate of drug-likeness (QED) is 0.848. The third-order valence-corrected chi connectivity index (χ3v) is 4.48. The maximum atomic E-state index is 11.7. The average Bonchev–Trinajstić information content (AvgIpc) is 2.62. The van der Waals surface area contributed by atoms with Gasteiger partial charge in [-0.2, -0.15) is 0 Å². The number of thiocarbonyl (C=S) groups is 1. The van der Waals surface area contributed by atoms with Gasteiger partial charge >= 0.3 is 6.09 Å². The molecule has 0 aliphatic carbocycles. The molecule has 0 unspecified atom stereocenters. The molecule has 24 heavy (non-hydrogen) atoms. The molecule has 3 rings (SSSR count). The number of carbonyl (C=O) groups excluding carboxylic acids is 1. The lowest BCUT2D eigenvalue weighted by atomic mass is 10.1. The molecule has 6 heteroatoms. The maximum absolute atomic E-state index is 11.7. The van der Waals surface area contributed by atoms with E-state index in [1.165, 1.54) is 5.39 Å². The Morgan fingerprint density at radius 2 is 1.75 bits per heavy atom. The van der Waals surface area contributed by atoms with E-state index in [0.29, 0.717) is 37.9 Å². The number of nitrogens with one attached hydrogen (secondary N) is 1. The van der Waals surface area contributed by atoms with E-state index in [2.05, 4.69) is 28.4 Å². The number of carbonyl (C=O) groups is 1. The lowest BCUT2D eigenvalue weighted by molar-refractivity contribution is 0.0923. The highest BCUT2D eigenvalue weighted by molar-refractivity contribution is 7.80. The molecule has 1 aliphatic rings. The number of nitrogens with zero attached hydrogens (tertiary/aromatic N) is 2. The van der Waals surface area contributed by atoms with Crippen LogP contribution in [0.5, 0.6) is 0 Å². The Bertz CT molecular complexity index is 737. The number of piperazine rings is 1. The van der Waals surface area contributed by atoms with Crippen LogP contribution in [0.15, 0.2) is 42.5 Å². The summed E-state index contributed by atoms with van der Waals surface area (Å²) < 4.78 is 5.04. The zero-order chi connectivity index (χ0) is 16.9. The smallest absolute Gasteiger partial charge is 0.409 e. The molecular weight excluding hydrogens is 322 g/mol. The summed E-state index contributed by atoms with van der Waals surface area (Å²) in [5.41, 5.74) is 1.01. The summed E-state index contributed by atoms with van der Waals surface area (Å²) in [6.07, 6.45) is -0.245. The minimum Gasteiger partial charge on any atom is -0.450 e. The molecule has 1 amide bonds.